The number of benzene rings is 1. The van der Waals surface area contributed by atoms with E-state index in [1.165, 1.54) is 17.7 Å². The zero-order chi connectivity index (χ0) is 10.4. The second kappa shape index (κ2) is 6.60. The lowest BCUT2D eigenvalue weighted by Gasteiger charge is -2.07. The van der Waals surface area contributed by atoms with Crippen molar-refractivity contribution in [3.63, 3.8) is 0 Å². The minimum absolute atomic E-state index is 0.177. The second-order valence-electron chi connectivity index (χ2n) is 3.12. The molecular weight excluding hydrogens is 235 g/mol. The first-order chi connectivity index (χ1) is 6.72. The molecule has 0 aromatic heterocycles. The summed E-state index contributed by atoms with van der Waals surface area (Å²) in [4.78, 5) is 1.19. The summed E-state index contributed by atoms with van der Waals surface area (Å²) in [5.41, 5.74) is 0. The Morgan fingerprint density at radius 3 is 2.50 bits per heavy atom. The van der Waals surface area contributed by atoms with Gasteiger partial charge in [-0.3, -0.25) is 0 Å². The summed E-state index contributed by atoms with van der Waals surface area (Å²) in [6.07, 6.45) is 3.45. The maximum Gasteiger partial charge on any atom is 0.0835 e. The van der Waals surface area contributed by atoms with Crippen molar-refractivity contribution in [1.29, 1.82) is 0 Å². The minimum atomic E-state index is 0.177. The average Bonchev–Trinajstić information content (AvgIpc) is 2.18. The van der Waals surface area contributed by atoms with Crippen molar-refractivity contribution in [2.75, 3.05) is 0 Å². The van der Waals surface area contributed by atoms with E-state index in [1.807, 2.05) is 24.3 Å². The number of unbranched alkanes of at least 4 members (excludes halogenated alkanes) is 1. The Hall–Kier alpha value is 0.150. The third-order valence-electron chi connectivity index (χ3n) is 1.86. The zero-order valence-corrected chi connectivity index (χ0v) is 10.5. The largest absolute Gasteiger partial charge is 0.111 e. The molecule has 0 bridgehead atoms. The predicted octanol–water partition coefficient (Wildman–Crippen LogP) is 5.19. The zero-order valence-electron chi connectivity index (χ0n) is 8.17. The summed E-state index contributed by atoms with van der Waals surface area (Å²) in [6, 6.07) is 7.81. The number of hydrogen-bond donors (Lipinski definition) is 0. The highest BCUT2D eigenvalue weighted by Gasteiger charge is 2.05. The summed E-state index contributed by atoms with van der Waals surface area (Å²) in [5, 5.41) is 0.772. The van der Waals surface area contributed by atoms with Crippen LogP contribution in [0, 0.1) is 0 Å². The lowest BCUT2D eigenvalue weighted by atomic mass is 10.3. The molecule has 0 fully saturated rings. The van der Waals surface area contributed by atoms with E-state index in [0.717, 1.165) is 11.4 Å². The minimum Gasteiger partial charge on any atom is -0.111 e. The van der Waals surface area contributed by atoms with E-state index in [-0.39, 0.29) is 4.71 Å². The average molecular weight is 249 g/mol. The van der Waals surface area contributed by atoms with Crippen molar-refractivity contribution in [2.45, 2.75) is 35.8 Å². The van der Waals surface area contributed by atoms with E-state index < -0.39 is 0 Å². The van der Waals surface area contributed by atoms with Crippen LogP contribution in [0.2, 0.25) is 5.02 Å². The van der Waals surface area contributed by atoms with Gasteiger partial charge in [0.05, 0.1) is 4.71 Å². The van der Waals surface area contributed by atoms with Gasteiger partial charge < -0.3 is 0 Å². The van der Waals surface area contributed by atoms with E-state index in [1.54, 1.807) is 11.8 Å². The van der Waals surface area contributed by atoms with Crippen LogP contribution in [0.3, 0.4) is 0 Å². The Bertz CT molecular complexity index is 258. The molecular formula is C11H14Cl2S. The van der Waals surface area contributed by atoms with Crippen molar-refractivity contribution in [3.05, 3.63) is 29.3 Å². The van der Waals surface area contributed by atoms with Crippen LogP contribution in [0.5, 0.6) is 0 Å². The lowest BCUT2D eigenvalue weighted by molar-refractivity contribution is 0.760. The number of hydrogen-bond acceptors (Lipinski definition) is 1. The topological polar surface area (TPSA) is 0 Å². The van der Waals surface area contributed by atoms with Crippen LogP contribution in [0.15, 0.2) is 29.2 Å². The molecule has 1 unspecified atom stereocenters. The Morgan fingerprint density at radius 1 is 1.29 bits per heavy atom. The molecule has 0 radical (unpaired) electrons. The molecule has 0 aliphatic carbocycles. The van der Waals surface area contributed by atoms with E-state index in [9.17, 15) is 0 Å². The van der Waals surface area contributed by atoms with Crippen LogP contribution < -0.4 is 0 Å². The molecule has 0 N–H and O–H groups in total. The lowest BCUT2D eigenvalue weighted by Crippen LogP contribution is -1.91. The molecule has 0 saturated carbocycles. The normalized spacial score (nSPS) is 12.8. The molecule has 1 aromatic carbocycles. The molecule has 0 aliphatic heterocycles. The maximum atomic E-state index is 6.16. The Kier molecular flexibility index (Phi) is 5.76. The van der Waals surface area contributed by atoms with Crippen molar-refractivity contribution in [1.82, 2.24) is 0 Å². The summed E-state index contributed by atoms with van der Waals surface area (Å²) >= 11 is 13.7. The highest BCUT2D eigenvalue weighted by atomic mass is 35.5. The first kappa shape index (κ1) is 12.2. The molecule has 0 aliphatic rings. The fourth-order valence-electron chi connectivity index (χ4n) is 1.08. The monoisotopic (exact) mass is 248 g/mol. The van der Waals surface area contributed by atoms with Crippen molar-refractivity contribution in [3.8, 4) is 0 Å². The van der Waals surface area contributed by atoms with Gasteiger partial charge in [-0.15, -0.1) is 23.4 Å². The molecule has 14 heavy (non-hydrogen) atoms. The van der Waals surface area contributed by atoms with Crippen LogP contribution in [0.25, 0.3) is 0 Å². The van der Waals surface area contributed by atoms with Crippen molar-refractivity contribution >= 4 is 35.0 Å². The van der Waals surface area contributed by atoms with Gasteiger partial charge in [0, 0.05) is 9.92 Å². The Balaban J connectivity index is 2.39. The molecule has 0 heterocycles. The smallest absolute Gasteiger partial charge is 0.0835 e. The van der Waals surface area contributed by atoms with E-state index in [2.05, 4.69) is 6.92 Å². The van der Waals surface area contributed by atoms with Crippen LogP contribution in [-0.4, -0.2) is 4.71 Å². The fraction of sp³-hybridized carbons (Fsp3) is 0.455. The Morgan fingerprint density at radius 2 is 1.93 bits per heavy atom. The third-order valence-corrected chi connectivity index (χ3v) is 3.64. The summed E-state index contributed by atoms with van der Waals surface area (Å²) < 4.78 is 0.177. The Labute approximate surface area is 100.0 Å². The van der Waals surface area contributed by atoms with Crippen LogP contribution >= 0.6 is 35.0 Å². The molecule has 0 nitrogen and oxygen atoms in total. The molecule has 78 valence electrons. The van der Waals surface area contributed by atoms with Gasteiger partial charge in [0.1, 0.15) is 0 Å². The van der Waals surface area contributed by atoms with Gasteiger partial charge in [-0.2, -0.15) is 0 Å². The number of thioether (sulfide) groups is 1. The SMILES string of the molecule is CCCCC(Cl)Sc1ccc(Cl)cc1. The quantitative estimate of drug-likeness (QED) is 0.511. The van der Waals surface area contributed by atoms with Gasteiger partial charge in [0.15, 0.2) is 0 Å². The van der Waals surface area contributed by atoms with Crippen molar-refractivity contribution in [2.24, 2.45) is 0 Å². The molecule has 1 atom stereocenters. The van der Waals surface area contributed by atoms with Gasteiger partial charge in [0.2, 0.25) is 0 Å². The van der Waals surface area contributed by atoms with Crippen molar-refractivity contribution < 1.29 is 0 Å². The number of halogens is 2. The first-order valence-electron chi connectivity index (χ1n) is 4.78. The van der Waals surface area contributed by atoms with E-state index >= 15 is 0 Å². The molecule has 0 amide bonds. The molecule has 1 rings (SSSR count). The first-order valence-corrected chi connectivity index (χ1v) is 6.48. The molecule has 1 aromatic rings. The molecule has 0 saturated heterocycles. The van der Waals surface area contributed by atoms with Gasteiger partial charge in [-0.25, -0.2) is 0 Å². The molecule has 3 heteroatoms. The highest BCUT2D eigenvalue weighted by Crippen LogP contribution is 2.29. The van der Waals surface area contributed by atoms with Gasteiger partial charge >= 0.3 is 0 Å². The highest BCUT2D eigenvalue weighted by molar-refractivity contribution is 8.01. The number of rotatable bonds is 5. The number of alkyl halides is 1. The van der Waals surface area contributed by atoms with Crippen LogP contribution in [-0.2, 0) is 0 Å². The predicted molar refractivity (Wildman–Crippen MR) is 66.5 cm³/mol. The summed E-state index contributed by atoms with van der Waals surface area (Å²) in [6.45, 7) is 2.18. The van der Waals surface area contributed by atoms with E-state index in [0.29, 0.717) is 0 Å². The van der Waals surface area contributed by atoms with Gasteiger partial charge in [-0.05, 0) is 30.7 Å². The summed E-state index contributed by atoms with van der Waals surface area (Å²) in [7, 11) is 0. The fourth-order valence-corrected chi connectivity index (χ4v) is 2.55. The van der Waals surface area contributed by atoms with Crippen LogP contribution in [0.1, 0.15) is 26.2 Å². The standard InChI is InChI=1S/C11H14Cl2S/c1-2-3-4-11(13)14-10-7-5-9(12)6-8-10/h5-8,11H,2-4H2,1H3. The van der Waals surface area contributed by atoms with Gasteiger partial charge in [-0.1, -0.05) is 31.4 Å². The maximum absolute atomic E-state index is 6.16. The third kappa shape index (κ3) is 4.59. The van der Waals surface area contributed by atoms with E-state index in [4.69, 9.17) is 23.2 Å². The van der Waals surface area contributed by atoms with Crippen LogP contribution in [0.4, 0.5) is 0 Å². The second-order valence-corrected chi connectivity index (χ2v) is 5.62. The summed E-state index contributed by atoms with van der Waals surface area (Å²) in [5.74, 6) is 0. The molecule has 0 spiro atoms. The van der Waals surface area contributed by atoms with Gasteiger partial charge in [0.25, 0.3) is 0 Å².